The number of hydrogen-bond acceptors (Lipinski definition) is 1. The normalized spacial score (nSPS) is 1.00. The van der Waals surface area contributed by atoms with E-state index < -0.39 is 0 Å². The third kappa shape index (κ3) is 399. The quantitative estimate of drug-likeness (QED) is 0.457. The highest BCUT2D eigenvalue weighted by molar-refractivity contribution is 7.79. The van der Waals surface area contributed by atoms with Crippen molar-refractivity contribution in [3.63, 3.8) is 0 Å². The maximum absolute atomic E-state index is 3.53. The summed E-state index contributed by atoms with van der Waals surface area (Å²) in [5.41, 5.74) is 0. The predicted molar refractivity (Wildman–Crippen MR) is 41.8 cm³/mol. The molecule has 0 N–H and O–H groups in total. The Kier molecular flexibility index (Phi) is 13700. The third-order valence-electron chi connectivity index (χ3n) is 0. The SMILES string of the molecule is C.C.C.C.CS. The van der Waals surface area contributed by atoms with Crippen LogP contribution < -0.4 is 0 Å². The van der Waals surface area contributed by atoms with Crippen molar-refractivity contribution in [2.45, 2.75) is 29.7 Å². The second-order valence-corrected chi connectivity index (χ2v) is 0. The van der Waals surface area contributed by atoms with Crippen LogP contribution in [0.5, 0.6) is 0 Å². The molecule has 0 aromatic rings. The lowest BCUT2D eigenvalue weighted by atomic mass is 12.0. The smallest absolute Gasteiger partial charge is 0.0215 e. The van der Waals surface area contributed by atoms with Gasteiger partial charge in [0, 0.05) is 0 Å². The molecule has 0 aliphatic rings. The molecule has 0 aliphatic heterocycles. The summed E-state index contributed by atoms with van der Waals surface area (Å²) in [6, 6.07) is 0. The number of thiol groups is 1. The van der Waals surface area contributed by atoms with Crippen molar-refractivity contribution in [3.8, 4) is 0 Å². The van der Waals surface area contributed by atoms with Gasteiger partial charge in [-0.3, -0.25) is 0 Å². The van der Waals surface area contributed by atoms with Gasteiger partial charge in [-0.2, -0.15) is 12.6 Å². The second kappa shape index (κ2) is 826. The van der Waals surface area contributed by atoms with E-state index in [9.17, 15) is 0 Å². The Labute approximate surface area is 49.4 Å². The Hall–Kier alpha value is 0.350. The maximum Gasteiger partial charge on any atom is -0.0215 e. The molecule has 0 unspecified atom stereocenters. The van der Waals surface area contributed by atoms with Crippen LogP contribution in [-0.2, 0) is 0 Å². The molecular formula is C5H20S. The molecular weight excluding hydrogens is 92.1 g/mol. The van der Waals surface area contributed by atoms with Crippen molar-refractivity contribution in [1.29, 1.82) is 0 Å². The van der Waals surface area contributed by atoms with Crippen molar-refractivity contribution in [1.82, 2.24) is 0 Å². The molecule has 0 nitrogen and oxygen atoms in total. The second-order valence-electron chi connectivity index (χ2n) is 0. The standard InChI is InChI=1S/CH4S.4CH4/c1-2;;;;/h2H,1H3;4*1H4. The van der Waals surface area contributed by atoms with Gasteiger partial charge in [0.2, 0.25) is 0 Å². The van der Waals surface area contributed by atoms with Gasteiger partial charge in [-0.25, -0.2) is 0 Å². The molecule has 0 aliphatic carbocycles. The topological polar surface area (TPSA) is 0 Å². The molecule has 0 radical (unpaired) electrons. The summed E-state index contributed by atoms with van der Waals surface area (Å²) in [6.07, 6.45) is 1.69. The maximum atomic E-state index is 3.53. The summed E-state index contributed by atoms with van der Waals surface area (Å²) in [5, 5.41) is 0. The van der Waals surface area contributed by atoms with Crippen molar-refractivity contribution in [2.75, 3.05) is 6.26 Å². The van der Waals surface area contributed by atoms with Crippen LogP contribution in [-0.4, -0.2) is 6.26 Å². The van der Waals surface area contributed by atoms with E-state index in [1.165, 1.54) is 0 Å². The van der Waals surface area contributed by atoms with Crippen molar-refractivity contribution < 1.29 is 0 Å². The van der Waals surface area contributed by atoms with E-state index in [0.717, 1.165) is 0 Å². The molecule has 0 saturated carbocycles. The molecule has 6 heavy (non-hydrogen) atoms. The van der Waals surface area contributed by atoms with Crippen LogP contribution >= 0.6 is 12.6 Å². The molecule has 0 amide bonds. The summed E-state index contributed by atoms with van der Waals surface area (Å²) in [4.78, 5) is 0. The van der Waals surface area contributed by atoms with Crippen LogP contribution in [0.1, 0.15) is 29.7 Å². The first-order valence-corrected chi connectivity index (χ1v) is 1.34. The molecule has 0 aromatic carbocycles. The van der Waals surface area contributed by atoms with Gasteiger partial charge in [0.1, 0.15) is 0 Å². The highest BCUT2D eigenvalue weighted by atomic mass is 32.1. The Morgan fingerprint density at radius 1 is 0.667 bits per heavy atom. The van der Waals surface area contributed by atoms with Gasteiger partial charge in [0.15, 0.2) is 0 Å². The molecule has 0 fully saturated rings. The largest absolute Gasteiger partial charge is 0.183 e. The fourth-order valence-electron chi connectivity index (χ4n) is 0. The monoisotopic (exact) mass is 112 g/mol. The van der Waals surface area contributed by atoms with Gasteiger partial charge in [-0.15, -0.1) is 0 Å². The van der Waals surface area contributed by atoms with E-state index in [0.29, 0.717) is 0 Å². The molecule has 0 bridgehead atoms. The minimum Gasteiger partial charge on any atom is -0.183 e. The van der Waals surface area contributed by atoms with E-state index in [1.54, 1.807) is 6.26 Å². The summed E-state index contributed by atoms with van der Waals surface area (Å²) >= 11 is 3.53. The number of rotatable bonds is 0. The summed E-state index contributed by atoms with van der Waals surface area (Å²) < 4.78 is 0. The molecule has 0 rings (SSSR count). The van der Waals surface area contributed by atoms with Crippen molar-refractivity contribution in [3.05, 3.63) is 0 Å². The van der Waals surface area contributed by atoms with Crippen LogP contribution in [0.2, 0.25) is 0 Å². The van der Waals surface area contributed by atoms with E-state index in [-0.39, 0.29) is 29.7 Å². The molecule has 0 saturated heterocycles. The zero-order valence-corrected chi connectivity index (χ0v) is 2.34. The molecule has 0 atom stereocenters. The van der Waals surface area contributed by atoms with Crippen LogP contribution in [0.25, 0.3) is 0 Å². The van der Waals surface area contributed by atoms with Gasteiger partial charge in [0.05, 0.1) is 0 Å². The van der Waals surface area contributed by atoms with E-state index >= 15 is 0 Å². The molecule has 0 spiro atoms. The van der Waals surface area contributed by atoms with Gasteiger partial charge >= 0.3 is 0 Å². The first kappa shape index (κ1) is 99.7. The average Bonchev–Trinajstić information content (AvgIpc) is 1.00. The Balaban J connectivity index is -0.000000000833. The highest BCUT2D eigenvalue weighted by Crippen LogP contribution is 1.31. The average molecular weight is 112 g/mol. The molecule has 1 heteroatoms. The van der Waals surface area contributed by atoms with Gasteiger partial charge in [-0.1, -0.05) is 29.7 Å². The fraction of sp³-hybridized carbons (Fsp3) is 1.00. The van der Waals surface area contributed by atoms with E-state index in [1.807, 2.05) is 0 Å². The van der Waals surface area contributed by atoms with E-state index in [4.69, 9.17) is 0 Å². The predicted octanol–water partition coefficient (Wildman–Crippen LogP) is 3.09. The Bertz CT molecular complexity index is 3.90. The first-order valence-electron chi connectivity index (χ1n) is 0.447. The van der Waals surface area contributed by atoms with Gasteiger partial charge < -0.3 is 0 Å². The van der Waals surface area contributed by atoms with Crippen LogP contribution in [0, 0.1) is 0 Å². The third-order valence-corrected chi connectivity index (χ3v) is 0. The summed E-state index contributed by atoms with van der Waals surface area (Å²) in [6.45, 7) is 0. The lowest BCUT2D eigenvalue weighted by Gasteiger charge is -1.11. The lowest BCUT2D eigenvalue weighted by molar-refractivity contribution is 2.50. The summed E-state index contributed by atoms with van der Waals surface area (Å²) in [5.74, 6) is 0. The first-order chi connectivity index (χ1) is 1.00. The fourth-order valence-corrected chi connectivity index (χ4v) is 0. The lowest BCUT2D eigenvalue weighted by Crippen LogP contribution is -0.865. The molecule has 46 valence electrons. The van der Waals surface area contributed by atoms with Crippen LogP contribution in [0.3, 0.4) is 0 Å². The van der Waals surface area contributed by atoms with Crippen LogP contribution in [0.4, 0.5) is 0 Å². The summed E-state index contributed by atoms with van der Waals surface area (Å²) in [7, 11) is 0. The van der Waals surface area contributed by atoms with Gasteiger partial charge in [-0.05, 0) is 6.26 Å². The Morgan fingerprint density at radius 2 is 0.667 bits per heavy atom. The highest BCUT2D eigenvalue weighted by Gasteiger charge is 0.901. The Morgan fingerprint density at radius 3 is 0.667 bits per heavy atom. The van der Waals surface area contributed by atoms with Crippen molar-refractivity contribution >= 4 is 12.6 Å². The number of hydrogen-bond donors (Lipinski definition) is 1. The molecule has 0 heterocycles. The molecule has 0 aromatic heterocycles. The zero-order valence-electron chi connectivity index (χ0n) is 1.45. The van der Waals surface area contributed by atoms with Crippen molar-refractivity contribution in [2.24, 2.45) is 0 Å². The zero-order chi connectivity index (χ0) is 2.00. The van der Waals surface area contributed by atoms with Crippen LogP contribution in [0.15, 0.2) is 0 Å². The minimum absolute atomic E-state index is 0. The van der Waals surface area contributed by atoms with E-state index in [2.05, 4.69) is 12.6 Å². The minimum atomic E-state index is 0. The van der Waals surface area contributed by atoms with Gasteiger partial charge in [0.25, 0.3) is 0 Å².